The van der Waals surface area contributed by atoms with E-state index >= 15 is 0 Å². The molecule has 0 aliphatic heterocycles. The van der Waals surface area contributed by atoms with E-state index in [2.05, 4.69) is 20.6 Å². The maximum atomic E-state index is 10.9. The fourth-order valence-corrected chi connectivity index (χ4v) is 2.72. The van der Waals surface area contributed by atoms with Gasteiger partial charge in [-0.3, -0.25) is 20.2 Å². The van der Waals surface area contributed by atoms with Crippen LogP contribution < -0.4 is 5.43 Å². The maximum Gasteiger partial charge on any atom is 0.433 e. The van der Waals surface area contributed by atoms with Gasteiger partial charge in [-0.15, -0.1) is 0 Å². The molecular weight excluding hydrogens is 372 g/mol. The van der Waals surface area contributed by atoms with Gasteiger partial charge in [0, 0.05) is 18.0 Å². The number of hydrazone groups is 1. The highest BCUT2D eigenvalue weighted by atomic mass is 16.6. The van der Waals surface area contributed by atoms with Gasteiger partial charge in [0.1, 0.15) is 16.4 Å². The number of aromatic nitrogens is 3. The monoisotopic (exact) mass is 388 g/mol. The first-order valence-corrected chi connectivity index (χ1v) is 8.75. The number of hydrogen-bond donors (Lipinski definition) is 1. The highest BCUT2D eigenvalue weighted by Gasteiger charge is 2.18. The second-order valence-electron chi connectivity index (χ2n) is 6.10. The predicted octanol–water partition coefficient (Wildman–Crippen LogP) is 3.94. The van der Waals surface area contributed by atoms with Gasteiger partial charge in [-0.2, -0.15) is 10.2 Å². The molecule has 9 heteroatoms. The Balaban J connectivity index is 1.64. The zero-order valence-corrected chi connectivity index (χ0v) is 15.2. The first kappa shape index (κ1) is 18.1. The van der Waals surface area contributed by atoms with E-state index in [0.29, 0.717) is 29.4 Å². The lowest BCUT2D eigenvalue weighted by Crippen LogP contribution is -1.99. The van der Waals surface area contributed by atoms with E-state index < -0.39 is 4.92 Å². The molecular formula is C20H16N6O3. The first-order chi connectivity index (χ1) is 14.2. The number of nitrogens with one attached hydrogen (secondary N) is 1. The van der Waals surface area contributed by atoms with Gasteiger partial charge in [-0.1, -0.05) is 36.4 Å². The molecule has 9 nitrogen and oxygen atoms in total. The van der Waals surface area contributed by atoms with Crippen molar-refractivity contribution in [1.29, 1.82) is 0 Å². The second-order valence-corrected chi connectivity index (χ2v) is 6.10. The second kappa shape index (κ2) is 8.17. The van der Waals surface area contributed by atoms with Crippen LogP contribution in [0.5, 0.6) is 0 Å². The van der Waals surface area contributed by atoms with E-state index in [1.165, 1.54) is 12.1 Å². The van der Waals surface area contributed by atoms with Crippen molar-refractivity contribution < 1.29 is 9.34 Å². The highest BCUT2D eigenvalue weighted by molar-refractivity contribution is 5.88. The summed E-state index contributed by atoms with van der Waals surface area (Å²) in [5.74, 6) is 0.547. The summed E-state index contributed by atoms with van der Waals surface area (Å²) < 4.78 is 7.07. The van der Waals surface area contributed by atoms with E-state index in [-0.39, 0.29) is 5.88 Å². The predicted molar refractivity (Wildman–Crippen MR) is 108 cm³/mol. The van der Waals surface area contributed by atoms with Gasteiger partial charge in [-0.05, 0) is 23.8 Å². The molecule has 0 fully saturated rings. The number of hydrogen-bond acceptors (Lipinski definition) is 7. The standard InChI is InChI=1S/C20H16N6O3/c27-26(28)19-10-9-17(29-19)20-16(12-22-23-18-8-4-5-11-21-18)14-25(24-20)13-15-6-2-1-3-7-15/h1-12,14H,13H2,(H,21,23)/b22-12+. The Labute approximate surface area is 165 Å². The number of nitrogens with zero attached hydrogens (tertiary/aromatic N) is 5. The molecule has 0 bridgehead atoms. The Hall–Kier alpha value is -4.27. The number of anilines is 1. The Morgan fingerprint density at radius 3 is 2.69 bits per heavy atom. The largest absolute Gasteiger partial charge is 0.433 e. The first-order valence-electron chi connectivity index (χ1n) is 8.75. The van der Waals surface area contributed by atoms with Crippen LogP contribution in [0.2, 0.25) is 0 Å². The molecule has 0 aliphatic rings. The Morgan fingerprint density at radius 2 is 1.97 bits per heavy atom. The van der Waals surface area contributed by atoms with Crippen molar-refractivity contribution in [2.24, 2.45) is 5.10 Å². The molecule has 3 heterocycles. The summed E-state index contributed by atoms with van der Waals surface area (Å²) in [6, 6.07) is 18.1. The van der Waals surface area contributed by atoms with E-state index in [9.17, 15) is 10.1 Å². The zero-order valence-electron chi connectivity index (χ0n) is 15.2. The van der Waals surface area contributed by atoms with Gasteiger partial charge >= 0.3 is 5.88 Å². The molecule has 0 radical (unpaired) electrons. The molecule has 144 valence electrons. The van der Waals surface area contributed by atoms with Crippen LogP contribution in [-0.4, -0.2) is 25.9 Å². The third-order valence-electron chi connectivity index (χ3n) is 4.03. The number of rotatable bonds is 7. The van der Waals surface area contributed by atoms with E-state index in [4.69, 9.17) is 4.42 Å². The molecule has 0 amide bonds. The minimum absolute atomic E-state index is 0.294. The molecule has 29 heavy (non-hydrogen) atoms. The third-order valence-corrected chi connectivity index (χ3v) is 4.03. The lowest BCUT2D eigenvalue weighted by atomic mass is 10.2. The van der Waals surface area contributed by atoms with Crippen LogP contribution in [0.1, 0.15) is 11.1 Å². The maximum absolute atomic E-state index is 10.9. The van der Waals surface area contributed by atoms with Crippen molar-refractivity contribution in [3.05, 3.63) is 94.3 Å². The van der Waals surface area contributed by atoms with Crippen LogP contribution in [0.4, 0.5) is 11.7 Å². The van der Waals surface area contributed by atoms with Crippen LogP contribution in [0, 0.1) is 10.1 Å². The summed E-state index contributed by atoms with van der Waals surface area (Å²) in [7, 11) is 0. The fourth-order valence-electron chi connectivity index (χ4n) is 2.72. The van der Waals surface area contributed by atoms with Crippen LogP contribution >= 0.6 is 0 Å². The van der Waals surface area contributed by atoms with Crippen LogP contribution in [0.25, 0.3) is 11.5 Å². The van der Waals surface area contributed by atoms with E-state index in [1.54, 1.807) is 29.4 Å². The molecule has 0 unspecified atom stereocenters. The summed E-state index contributed by atoms with van der Waals surface area (Å²) >= 11 is 0. The van der Waals surface area contributed by atoms with E-state index in [1.807, 2.05) is 42.5 Å². The SMILES string of the molecule is O=[N+]([O-])c1ccc(-c2nn(Cc3ccccc3)cc2/C=N/Nc2ccccn2)o1. The quantitative estimate of drug-likeness (QED) is 0.292. The van der Waals surface area contributed by atoms with Crippen LogP contribution in [0.15, 0.2) is 82.6 Å². The Kier molecular flexibility index (Phi) is 5.10. The minimum atomic E-state index is -0.582. The fraction of sp³-hybridized carbons (Fsp3) is 0.0500. The normalized spacial score (nSPS) is 11.0. The Morgan fingerprint density at radius 1 is 1.14 bits per heavy atom. The summed E-state index contributed by atoms with van der Waals surface area (Å²) in [4.78, 5) is 14.5. The van der Waals surface area contributed by atoms with E-state index in [0.717, 1.165) is 5.56 Å². The Bertz CT molecular complexity index is 1140. The lowest BCUT2D eigenvalue weighted by molar-refractivity contribution is -0.401. The van der Waals surface area contributed by atoms with Crippen molar-refractivity contribution in [1.82, 2.24) is 14.8 Å². The van der Waals surface area contributed by atoms with Gasteiger partial charge in [0.15, 0.2) is 5.76 Å². The molecule has 3 aromatic heterocycles. The highest BCUT2D eigenvalue weighted by Crippen LogP contribution is 2.27. The van der Waals surface area contributed by atoms with Gasteiger partial charge in [0.25, 0.3) is 0 Å². The summed E-state index contributed by atoms with van der Waals surface area (Å²) in [6.45, 7) is 0.540. The van der Waals surface area contributed by atoms with Crippen molar-refractivity contribution in [2.45, 2.75) is 6.54 Å². The molecule has 0 spiro atoms. The number of benzene rings is 1. The summed E-state index contributed by atoms with van der Waals surface area (Å²) in [5.41, 5.74) is 5.01. The molecule has 0 aliphatic carbocycles. The van der Waals surface area contributed by atoms with Crippen LogP contribution in [-0.2, 0) is 6.54 Å². The van der Waals surface area contributed by atoms with Crippen molar-refractivity contribution in [3.63, 3.8) is 0 Å². The zero-order chi connectivity index (χ0) is 20.1. The smallest absolute Gasteiger partial charge is 0.399 e. The number of nitro groups is 1. The topological polar surface area (TPSA) is 111 Å². The van der Waals surface area contributed by atoms with Crippen molar-refractivity contribution in [2.75, 3.05) is 5.43 Å². The van der Waals surface area contributed by atoms with Gasteiger partial charge in [-0.25, -0.2) is 4.98 Å². The van der Waals surface area contributed by atoms with Crippen LogP contribution in [0.3, 0.4) is 0 Å². The third kappa shape index (κ3) is 4.35. The lowest BCUT2D eigenvalue weighted by Gasteiger charge is -2.00. The van der Waals surface area contributed by atoms with Gasteiger partial charge < -0.3 is 4.42 Å². The molecule has 0 saturated carbocycles. The van der Waals surface area contributed by atoms with Gasteiger partial charge in [0.05, 0.1) is 18.8 Å². The summed E-state index contributed by atoms with van der Waals surface area (Å²) in [5, 5.41) is 19.7. The molecule has 1 aromatic carbocycles. The average molecular weight is 388 g/mol. The molecule has 4 rings (SSSR count). The van der Waals surface area contributed by atoms with Gasteiger partial charge in [0.2, 0.25) is 0 Å². The molecule has 1 N–H and O–H groups in total. The van der Waals surface area contributed by atoms with Crippen molar-refractivity contribution in [3.8, 4) is 11.5 Å². The minimum Gasteiger partial charge on any atom is -0.399 e. The molecule has 4 aromatic rings. The number of pyridine rings is 1. The average Bonchev–Trinajstić information content (AvgIpc) is 3.37. The number of furan rings is 1. The molecule has 0 atom stereocenters. The summed E-state index contributed by atoms with van der Waals surface area (Å²) in [6.07, 6.45) is 5.04. The van der Waals surface area contributed by atoms with Crippen molar-refractivity contribution >= 4 is 17.9 Å². The molecule has 0 saturated heterocycles.